The van der Waals surface area contributed by atoms with Crippen molar-refractivity contribution in [3.05, 3.63) is 24.0 Å². The van der Waals surface area contributed by atoms with Gasteiger partial charge in [0.2, 0.25) is 5.82 Å². The molecule has 19 heavy (non-hydrogen) atoms. The van der Waals surface area contributed by atoms with Crippen LogP contribution in [0.1, 0.15) is 32.2 Å². The Morgan fingerprint density at radius 2 is 2.21 bits per heavy atom. The Morgan fingerprint density at radius 1 is 1.42 bits per heavy atom. The van der Waals surface area contributed by atoms with Crippen LogP contribution in [0.25, 0.3) is 11.5 Å². The van der Waals surface area contributed by atoms with Gasteiger partial charge in [0.25, 0.3) is 5.89 Å². The second kappa shape index (κ2) is 5.71. The topological polar surface area (TPSA) is 94.4 Å². The number of rotatable bonds is 5. The molecule has 6 nitrogen and oxygen atoms in total. The molecule has 0 spiro atoms. The maximum atomic E-state index is 9.81. The summed E-state index contributed by atoms with van der Waals surface area (Å²) in [4.78, 5) is 4.26. The molecule has 1 unspecified atom stereocenters. The number of ether oxygens (including phenoxy) is 1. The lowest BCUT2D eigenvalue weighted by Crippen LogP contribution is -2.04. The van der Waals surface area contributed by atoms with Crippen LogP contribution in [-0.2, 0) is 4.74 Å². The number of phenols is 1. The molecule has 2 aromatic rings. The third-order valence-electron chi connectivity index (χ3n) is 2.72. The SMILES string of the molecule is CCOC(CC)c1noc(-c2ccc(N)cc2O)n1. The zero-order valence-corrected chi connectivity index (χ0v) is 11.0. The lowest BCUT2D eigenvalue weighted by Gasteiger charge is -2.09. The Bertz CT molecular complexity index is 554. The molecule has 0 radical (unpaired) electrons. The highest BCUT2D eigenvalue weighted by Crippen LogP contribution is 2.30. The number of aromatic hydroxyl groups is 1. The Kier molecular flexibility index (Phi) is 4.01. The van der Waals surface area contributed by atoms with Crippen molar-refractivity contribution in [1.29, 1.82) is 0 Å². The van der Waals surface area contributed by atoms with Crippen LogP contribution in [-0.4, -0.2) is 21.9 Å². The van der Waals surface area contributed by atoms with Gasteiger partial charge in [-0.3, -0.25) is 0 Å². The van der Waals surface area contributed by atoms with E-state index < -0.39 is 0 Å². The van der Waals surface area contributed by atoms with Crippen molar-refractivity contribution in [3.8, 4) is 17.2 Å². The number of nitrogen functional groups attached to an aromatic ring is 1. The summed E-state index contributed by atoms with van der Waals surface area (Å²) in [5.74, 6) is 0.751. The van der Waals surface area contributed by atoms with Crippen molar-refractivity contribution in [3.63, 3.8) is 0 Å². The molecule has 0 bridgehead atoms. The monoisotopic (exact) mass is 263 g/mol. The standard InChI is InChI=1S/C13H17N3O3/c1-3-11(18-4-2)12-15-13(19-16-12)9-6-5-8(14)7-10(9)17/h5-7,11,17H,3-4,14H2,1-2H3. The minimum atomic E-state index is -0.196. The van der Waals surface area contributed by atoms with Gasteiger partial charge in [0, 0.05) is 18.4 Å². The summed E-state index contributed by atoms with van der Waals surface area (Å²) >= 11 is 0. The summed E-state index contributed by atoms with van der Waals surface area (Å²) < 4.78 is 10.7. The number of hydrogen-bond donors (Lipinski definition) is 2. The average Bonchev–Trinajstić information content (AvgIpc) is 2.85. The van der Waals surface area contributed by atoms with E-state index >= 15 is 0 Å². The van der Waals surface area contributed by atoms with Gasteiger partial charge in [-0.25, -0.2) is 0 Å². The number of nitrogens with two attached hydrogens (primary N) is 1. The highest BCUT2D eigenvalue weighted by Gasteiger charge is 2.19. The van der Waals surface area contributed by atoms with Gasteiger partial charge in [0.1, 0.15) is 11.9 Å². The number of anilines is 1. The first-order chi connectivity index (χ1) is 9.15. The summed E-state index contributed by atoms with van der Waals surface area (Å²) in [6.45, 7) is 4.47. The molecule has 0 saturated heterocycles. The van der Waals surface area contributed by atoms with Crippen molar-refractivity contribution in [2.45, 2.75) is 26.4 Å². The van der Waals surface area contributed by atoms with Gasteiger partial charge in [-0.2, -0.15) is 4.98 Å². The Morgan fingerprint density at radius 3 is 2.84 bits per heavy atom. The Hall–Kier alpha value is -2.08. The number of benzene rings is 1. The molecular formula is C13H17N3O3. The third-order valence-corrected chi connectivity index (χ3v) is 2.72. The van der Waals surface area contributed by atoms with Crippen molar-refractivity contribution < 1.29 is 14.4 Å². The van der Waals surface area contributed by atoms with E-state index in [0.717, 1.165) is 6.42 Å². The summed E-state index contributed by atoms with van der Waals surface area (Å²) in [6.07, 6.45) is 0.555. The van der Waals surface area contributed by atoms with Gasteiger partial charge >= 0.3 is 0 Å². The molecule has 0 aliphatic carbocycles. The minimum absolute atomic E-state index is 0.0136. The molecule has 0 aliphatic rings. The number of nitrogens with zero attached hydrogens (tertiary/aromatic N) is 2. The normalized spacial score (nSPS) is 12.5. The summed E-state index contributed by atoms with van der Waals surface area (Å²) in [7, 11) is 0. The van der Waals surface area contributed by atoms with Crippen LogP contribution in [0.3, 0.4) is 0 Å². The van der Waals surface area contributed by atoms with Gasteiger partial charge in [-0.05, 0) is 25.5 Å². The molecule has 0 fully saturated rings. The van der Waals surface area contributed by atoms with Gasteiger partial charge in [0.15, 0.2) is 0 Å². The highest BCUT2D eigenvalue weighted by molar-refractivity contribution is 5.66. The van der Waals surface area contributed by atoms with E-state index in [-0.39, 0.29) is 17.7 Å². The van der Waals surface area contributed by atoms with Gasteiger partial charge in [-0.1, -0.05) is 12.1 Å². The molecule has 1 atom stereocenters. The van der Waals surface area contributed by atoms with E-state index in [0.29, 0.717) is 23.7 Å². The number of hydrogen-bond acceptors (Lipinski definition) is 6. The molecule has 1 aromatic carbocycles. The zero-order valence-electron chi connectivity index (χ0n) is 11.0. The van der Waals surface area contributed by atoms with Crippen LogP contribution in [0.2, 0.25) is 0 Å². The first-order valence-corrected chi connectivity index (χ1v) is 6.19. The van der Waals surface area contributed by atoms with Crippen LogP contribution in [0.15, 0.2) is 22.7 Å². The fourth-order valence-corrected chi connectivity index (χ4v) is 1.78. The van der Waals surface area contributed by atoms with E-state index in [4.69, 9.17) is 15.0 Å². The molecule has 6 heteroatoms. The first kappa shape index (κ1) is 13.4. The van der Waals surface area contributed by atoms with Crippen LogP contribution in [0, 0.1) is 0 Å². The minimum Gasteiger partial charge on any atom is -0.507 e. The van der Waals surface area contributed by atoms with E-state index in [9.17, 15) is 5.11 Å². The largest absolute Gasteiger partial charge is 0.507 e. The molecule has 0 amide bonds. The lowest BCUT2D eigenvalue weighted by atomic mass is 10.2. The predicted octanol–water partition coefficient (Wildman–Crippen LogP) is 2.51. The van der Waals surface area contributed by atoms with Gasteiger partial charge < -0.3 is 20.1 Å². The van der Waals surface area contributed by atoms with Crippen LogP contribution < -0.4 is 5.73 Å². The maximum absolute atomic E-state index is 9.81. The maximum Gasteiger partial charge on any atom is 0.261 e. The smallest absolute Gasteiger partial charge is 0.261 e. The fraction of sp³-hybridized carbons (Fsp3) is 0.385. The van der Waals surface area contributed by atoms with E-state index in [2.05, 4.69) is 10.1 Å². The molecule has 3 N–H and O–H groups in total. The van der Waals surface area contributed by atoms with Crippen molar-refractivity contribution in [2.24, 2.45) is 0 Å². The lowest BCUT2D eigenvalue weighted by molar-refractivity contribution is 0.0518. The van der Waals surface area contributed by atoms with Crippen molar-refractivity contribution in [1.82, 2.24) is 10.1 Å². The fourth-order valence-electron chi connectivity index (χ4n) is 1.78. The first-order valence-electron chi connectivity index (χ1n) is 6.19. The van der Waals surface area contributed by atoms with Crippen LogP contribution in [0.5, 0.6) is 5.75 Å². The third kappa shape index (κ3) is 2.85. The summed E-state index contributed by atoms with van der Waals surface area (Å²) in [5.41, 5.74) is 6.50. The zero-order chi connectivity index (χ0) is 13.8. The summed E-state index contributed by atoms with van der Waals surface area (Å²) in [5, 5.41) is 13.7. The van der Waals surface area contributed by atoms with E-state index in [1.165, 1.54) is 6.07 Å². The highest BCUT2D eigenvalue weighted by atomic mass is 16.5. The van der Waals surface area contributed by atoms with Crippen molar-refractivity contribution in [2.75, 3.05) is 12.3 Å². The number of phenolic OH excluding ortho intramolecular Hbond substituents is 1. The Labute approximate surface area is 111 Å². The Balaban J connectivity index is 2.29. The second-order valence-corrected chi connectivity index (χ2v) is 4.09. The molecule has 2 rings (SSSR count). The van der Waals surface area contributed by atoms with Crippen LogP contribution in [0.4, 0.5) is 5.69 Å². The molecule has 1 aromatic heterocycles. The van der Waals surface area contributed by atoms with Crippen molar-refractivity contribution >= 4 is 5.69 Å². The second-order valence-electron chi connectivity index (χ2n) is 4.09. The van der Waals surface area contributed by atoms with Gasteiger partial charge in [-0.15, -0.1) is 0 Å². The van der Waals surface area contributed by atoms with Crippen LogP contribution >= 0.6 is 0 Å². The molecule has 102 valence electrons. The predicted molar refractivity (Wildman–Crippen MR) is 70.5 cm³/mol. The quantitative estimate of drug-likeness (QED) is 0.805. The summed E-state index contributed by atoms with van der Waals surface area (Å²) in [6, 6.07) is 4.75. The van der Waals surface area contributed by atoms with Gasteiger partial charge in [0.05, 0.1) is 5.56 Å². The molecule has 0 saturated carbocycles. The van der Waals surface area contributed by atoms with E-state index in [1.54, 1.807) is 12.1 Å². The molecule has 1 heterocycles. The number of aromatic nitrogens is 2. The molecular weight excluding hydrogens is 246 g/mol. The molecule has 0 aliphatic heterocycles. The average molecular weight is 263 g/mol. The van der Waals surface area contributed by atoms with E-state index in [1.807, 2.05) is 13.8 Å².